The molecule has 1 aromatic heterocycles. The van der Waals surface area contributed by atoms with Crippen molar-refractivity contribution in [1.29, 1.82) is 0 Å². The second kappa shape index (κ2) is 6.18. The number of nitrogens with zero attached hydrogens (tertiary/aromatic N) is 2. The summed E-state index contributed by atoms with van der Waals surface area (Å²) in [7, 11) is 0. The lowest BCUT2D eigenvalue weighted by Gasteiger charge is -2.17. The molecule has 1 heterocycles. The van der Waals surface area contributed by atoms with E-state index in [1.807, 2.05) is 30.8 Å². The quantitative estimate of drug-likeness (QED) is 0.899. The van der Waals surface area contributed by atoms with Crippen molar-refractivity contribution in [3.8, 4) is 5.69 Å². The standard InChI is InChI=1S/C16H22FN3/c1-5-18-12(4)14-10-13(17)6-7-16(14)20-9-8-15(19-20)11(2)3/h6-12,18H,5H2,1-4H3. The Hall–Kier alpha value is -1.68. The molecule has 0 bridgehead atoms. The van der Waals surface area contributed by atoms with Crippen LogP contribution in [-0.4, -0.2) is 16.3 Å². The number of halogens is 1. The van der Waals surface area contributed by atoms with E-state index in [4.69, 9.17) is 0 Å². The predicted molar refractivity (Wildman–Crippen MR) is 79.7 cm³/mol. The lowest BCUT2D eigenvalue weighted by Crippen LogP contribution is -2.19. The van der Waals surface area contributed by atoms with Crippen LogP contribution in [-0.2, 0) is 0 Å². The van der Waals surface area contributed by atoms with E-state index in [1.54, 1.807) is 12.1 Å². The van der Waals surface area contributed by atoms with Crippen LogP contribution < -0.4 is 5.32 Å². The summed E-state index contributed by atoms with van der Waals surface area (Å²) in [6, 6.07) is 6.94. The molecule has 20 heavy (non-hydrogen) atoms. The molecular formula is C16H22FN3. The summed E-state index contributed by atoms with van der Waals surface area (Å²) in [5, 5.41) is 7.90. The van der Waals surface area contributed by atoms with Crippen LogP contribution in [0.5, 0.6) is 0 Å². The highest BCUT2D eigenvalue weighted by Gasteiger charge is 2.14. The molecule has 3 nitrogen and oxygen atoms in total. The maximum absolute atomic E-state index is 13.5. The predicted octanol–water partition coefficient (Wildman–Crippen LogP) is 3.81. The van der Waals surface area contributed by atoms with Gasteiger partial charge in [0.25, 0.3) is 0 Å². The van der Waals surface area contributed by atoms with Gasteiger partial charge in [-0.3, -0.25) is 0 Å². The zero-order valence-corrected chi connectivity index (χ0v) is 12.5. The largest absolute Gasteiger partial charge is 0.310 e. The molecule has 2 aromatic rings. The van der Waals surface area contributed by atoms with Gasteiger partial charge in [-0.25, -0.2) is 9.07 Å². The van der Waals surface area contributed by atoms with E-state index >= 15 is 0 Å². The number of aromatic nitrogens is 2. The maximum Gasteiger partial charge on any atom is 0.123 e. The van der Waals surface area contributed by atoms with Crippen molar-refractivity contribution in [2.75, 3.05) is 6.54 Å². The molecule has 0 saturated carbocycles. The molecule has 0 spiro atoms. The Balaban J connectivity index is 2.44. The first kappa shape index (κ1) is 14.7. The Morgan fingerprint density at radius 3 is 2.60 bits per heavy atom. The van der Waals surface area contributed by atoms with Gasteiger partial charge in [0.05, 0.1) is 11.4 Å². The number of hydrogen-bond acceptors (Lipinski definition) is 2. The van der Waals surface area contributed by atoms with Crippen LogP contribution in [0.1, 0.15) is 50.9 Å². The minimum absolute atomic E-state index is 0.0809. The van der Waals surface area contributed by atoms with E-state index < -0.39 is 0 Å². The van der Waals surface area contributed by atoms with Crippen molar-refractivity contribution < 1.29 is 4.39 Å². The van der Waals surface area contributed by atoms with Crippen LogP contribution in [0.25, 0.3) is 5.69 Å². The molecule has 1 unspecified atom stereocenters. The highest BCUT2D eigenvalue weighted by molar-refractivity contribution is 5.43. The van der Waals surface area contributed by atoms with E-state index in [0.717, 1.165) is 23.5 Å². The van der Waals surface area contributed by atoms with Gasteiger partial charge < -0.3 is 5.32 Å². The fraction of sp³-hybridized carbons (Fsp3) is 0.438. The summed E-state index contributed by atoms with van der Waals surface area (Å²) in [5.74, 6) is 0.163. The van der Waals surface area contributed by atoms with Crippen LogP contribution in [0, 0.1) is 5.82 Å². The Kier molecular flexibility index (Phi) is 4.55. The van der Waals surface area contributed by atoms with Gasteiger partial charge in [0.2, 0.25) is 0 Å². The lowest BCUT2D eigenvalue weighted by molar-refractivity contribution is 0.577. The minimum atomic E-state index is -0.218. The van der Waals surface area contributed by atoms with Crippen molar-refractivity contribution >= 4 is 0 Å². The maximum atomic E-state index is 13.5. The SMILES string of the molecule is CCNC(C)c1cc(F)ccc1-n1ccc(C(C)C)n1. The van der Waals surface area contributed by atoms with Gasteiger partial charge in [0, 0.05) is 12.2 Å². The zero-order valence-electron chi connectivity index (χ0n) is 12.5. The molecule has 0 aliphatic heterocycles. The highest BCUT2D eigenvalue weighted by Crippen LogP contribution is 2.23. The van der Waals surface area contributed by atoms with Gasteiger partial charge in [0.15, 0.2) is 0 Å². The number of hydrogen-bond donors (Lipinski definition) is 1. The normalized spacial score (nSPS) is 12.9. The van der Waals surface area contributed by atoms with Crippen LogP contribution >= 0.6 is 0 Å². The van der Waals surface area contributed by atoms with Gasteiger partial charge in [-0.2, -0.15) is 5.10 Å². The van der Waals surface area contributed by atoms with E-state index in [-0.39, 0.29) is 11.9 Å². The van der Waals surface area contributed by atoms with Crippen molar-refractivity contribution in [1.82, 2.24) is 15.1 Å². The average molecular weight is 275 g/mol. The van der Waals surface area contributed by atoms with E-state index in [0.29, 0.717) is 5.92 Å². The summed E-state index contributed by atoms with van der Waals surface area (Å²) < 4.78 is 15.4. The Morgan fingerprint density at radius 2 is 2.00 bits per heavy atom. The molecule has 0 saturated heterocycles. The van der Waals surface area contributed by atoms with Gasteiger partial charge in [-0.15, -0.1) is 0 Å². The monoisotopic (exact) mass is 275 g/mol. The summed E-state index contributed by atoms with van der Waals surface area (Å²) in [5.41, 5.74) is 2.88. The zero-order chi connectivity index (χ0) is 14.7. The van der Waals surface area contributed by atoms with Crippen molar-refractivity contribution in [2.24, 2.45) is 0 Å². The summed E-state index contributed by atoms with van der Waals surface area (Å²) in [6.45, 7) is 9.14. The van der Waals surface area contributed by atoms with Crippen molar-refractivity contribution in [2.45, 2.75) is 39.7 Å². The molecule has 0 fully saturated rings. The van der Waals surface area contributed by atoms with Gasteiger partial charge in [0.1, 0.15) is 5.82 Å². The van der Waals surface area contributed by atoms with Crippen LogP contribution in [0.2, 0.25) is 0 Å². The Morgan fingerprint density at radius 1 is 1.25 bits per heavy atom. The van der Waals surface area contributed by atoms with Crippen molar-refractivity contribution in [3.63, 3.8) is 0 Å². The molecule has 1 aromatic carbocycles. The van der Waals surface area contributed by atoms with E-state index in [9.17, 15) is 4.39 Å². The van der Waals surface area contributed by atoms with Gasteiger partial charge in [-0.1, -0.05) is 20.8 Å². The summed E-state index contributed by atoms with van der Waals surface area (Å²) in [4.78, 5) is 0. The smallest absolute Gasteiger partial charge is 0.123 e. The van der Waals surface area contributed by atoms with Crippen LogP contribution in [0.4, 0.5) is 4.39 Å². The molecule has 0 aliphatic rings. The average Bonchev–Trinajstić information content (AvgIpc) is 2.88. The van der Waals surface area contributed by atoms with Crippen molar-refractivity contribution in [3.05, 3.63) is 47.5 Å². The molecule has 0 radical (unpaired) electrons. The topological polar surface area (TPSA) is 29.9 Å². The molecular weight excluding hydrogens is 253 g/mol. The Bertz CT molecular complexity index is 575. The number of nitrogens with one attached hydrogen (secondary N) is 1. The van der Waals surface area contributed by atoms with E-state index in [2.05, 4.69) is 24.3 Å². The third-order valence-corrected chi connectivity index (χ3v) is 3.41. The number of rotatable bonds is 5. The van der Waals surface area contributed by atoms with Crippen LogP contribution in [0.3, 0.4) is 0 Å². The molecule has 108 valence electrons. The molecule has 1 N–H and O–H groups in total. The number of benzene rings is 1. The highest BCUT2D eigenvalue weighted by atomic mass is 19.1. The van der Waals surface area contributed by atoms with Crippen LogP contribution in [0.15, 0.2) is 30.5 Å². The second-order valence-electron chi connectivity index (χ2n) is 5.32. The fourth-order valence-electron chi connectivity index (χ4n) is 2.28. The Labute approximate surface area is 119 Å². The minimum Gasteiger partial charge on any atom is -0.310 e. The third kappa shape index (κ3) is 3.07. The van der Waals surface area contributed by atoms with Gasteiger partial charge >= 0.3 is 0 Å². The van der Waals surface area contributed by atoms with E-state index in [1.165, 1.54) is 6.07 Å². The summed E-state index contributed by atoms with van der Waals surface area (Å²) in [6.07, 6.45) is 1.94. The second-order valence-corrected chi connectivity index (χ2v) is 5.32. The molecule has 2 rings (SSSR count). The first-order valence-electron chi connectivity index (χ1n) is 7.11. The van der Waals surface area contributed by atoms with Gasteiger partial charge in [-0.05, 0) is 49.2 Å². The lowest BCUT2D eigenvalue weighted by atomic mass is 10.1. The molecule has 4 heteroatoms. The molecule has 1 atom stereocenters. The molecule has 0 aliphatic carbocycles. The molecule has 0 amide bonds. The third-order valence-electron chi connectivity index (χ3n) is 3.41. The fourth-order valence-corrected chi connectivity index (χ4v) is 2.28. The summed E-state index contributed by atoms with van der Waals surface area (Å²) >= 11 is 0. The first-order valence-corrected chi connectivity index (χ1v) is 7.11. The first-order chi connectivity index (χ1) is 9.52.